The topological polar surface area (TPSA) is 28.2 Å². The second kappa shape index (κ2) is 6.62. The molecule has 1 unspecified atom stereocenters. The van der Waals surface area contributed by atoms with Crippen molar-refractivity contribution in [3.63, 3.8) is 0 Å². The fraction of sp³-hybridized carbons (Fsp3) is 0.312. The molecule has 1 aromatic carbocycles. The molecule has 0 aliphatic rings. The van der Waals surface area contributed by atoms with Crippen molar-refractivity contribution >= 4 is 23.1 Å². The summed E-state index contributed by atoms with van der Waals surface area (Å²) in [6, 6.07) is 12.2. The summed E-state index contributed by atoms with van der Waals surface area (Å²) in [5, 5.41) is 4.33. The molecule has 0 saturated carbocycles. The zero-order chi connectivity index (χ0) is 14.5. The molecule has 0 radical (unpaired) electrons. The molecule has 106 valence electrons. The van der Waals surface area contributed by atoms with Gasteiger partial charge in [-0.25, -0.2) is 4.98 Å². The largest absolute Gasteiger partial charge is 0.375 e. The molecule has 0 amide bonds. The van der Waals surface area contributed by atoms with Gasteiger partial charge in [0, 0.05) is 25.3 Å². The van der Waals surface area contributed by atoms with Crippen molar-refractivity contribution < 1.29 is 0 Å². The molecule has 1 atom stereocenters. The van der Waals surface area contributed by atoms with E-state index < -0.39 is 0 Å². The fourth-order valence-corrected chi connectivity index (χ4v) is 2.30. The molecule has 2 rings (SSSR count). The molecular formula is C16H20ClN3. The Kier molecular flexibility index (Phi) is 4.85. The van der Waals surface area contributed by atoms with Crippen LogP contribution in [0, 0.1) is 0 Å². The molecule has 1 aromatic heterocycles. The Balaban J connectivity index is 2.24. The minimum atomic E-state index is 0.246. The molecule has 3 nitrogen and oxygen atoms in total. The van der Waals surface area contributed by atoms with E-state index in [0.29, 0.717) is 0 Å². The summed E-state index contributed by atoms with van der Waals surface area (Å²) in [5.74, 6) is 0.944. The van der Waals surface area contributed by atoms with E-state index in [1.54, 1.807) is 0 Å². The maximum absolute atomic E-state index is 5.95. The first-order chi connectivity index (χ1) is 9.61. The SMILES string of the molecule is CCC(Nc1cccnc1N(C)C)c1ccc(Cl)cc1. The minimum Gasteiger partial charge on any atom is -0.375 e. The summed E-state index contributed by atoms with van der Waals surface area (Å²) in [6.45, 7) is 2.16. The van der Waals surface area contributed by atoms with Crippen LogP contribution in [-0.4, -0.2) is 19.1 Å². The Labute approximate surface area is 125 Å². The average molecular weight is 290 g/mol. The zero-order valence-electron chi connectivity index (χ0n) is 12.1. The Morgan fingerprint density at radius 1 is 1.20 bits per heavy atom. The number of nitrogens with zero attached hydrogens (tertiary/aromatic N) is 2. The van der Waals surface area contributed by atoms with E-state index in [9.17, 15) is 0 Å². The van der Waals surface area contributed by atoms with Crippen molar-refractivity contribution in [3.8, 4) is 0 Å². The standard InChI is InChI=1S/C16H20ClN3/c1-4-14(12-7-9-13(17)10-8-12)19-15-6-5-11-18-16(15)20(2)3/h5-11,14,19H,4H2,1-3H3. The van der Waals surface area contributed by atoms with Gasteiger partial charge in [-0.3, -0.25) is 0 Å². The smallest absolute Gasteiger partial charge is 0.151 e. The highest BCUT2D eigenvalue weighted by Crippen LogP contribution is 2.28. The molecule has 0 spiro atoms. The van der Waals surface area contributed by atoms with E-state index in [2.05, 4.69) is 35.4 Å². The van der Waals surface area contributed by atoms with E-state index in [1.807, 2.05) is 43.4 Å². The maximum Gasteiger partial charge on any atom is 0.151 e. The van der Waals surface area contributed by atoms with Crippen LogP contribution >= 0.6 is 11.6 Å². The van der Waals surface area contributed by atoms with E-state index in [4.69, 9.17) is 11.6 Å². The van der Waals surface area contributed by atoms with Gasteiger partial charge < -0.3 is 10.2 Å². The number of hydrogen-bond donors (Lipinski definition) is 1. The molecule has 0 fully saturated rings. The van der Waals surface area contributed by atoms with Gasteiger partial charge in [0.2, 0.25) is 0 Å². The Bertz CT molecular complexity index is 552. The number of hydrogen-bond acceptors (Lipinski definition) is 3. The first-order valence-corrected chi connectivity index (χ1v) is 7.14. The van der Waals surface area contributed by atoms with Gasteiger partial charge in [-0.2, -0.15) is 0 Å². The van der Waals surface area contributed by atoms with Crippen LogP contribution in [0.1, 0.15) is 24.9 Å². The molecule has 2 aromatic rings. The van der Waals surface area contributed by atoms with Crippen LogP contribution in [0.15, 0.2) is 42.6 Å². The number of anilines is 2. The van der Waals surface area contributed by atoms with Gasteiger partial charge in [0.05, 0.1) is 11.7 Å². The van der Waals surface area contributed by atoms with Crippen LogP contribution in [0.3, 0.4) is 0 Å². The van der Waals surface area contributed by atoms with Gasteiger partial charge in [-0.05, 0) is 36.2 Å². The monoisotopic (exact) mass is 289 g/mol. The highest BCUT2D eigenvalue weighted by atomic mass is 35.5. The van der Waals surface area contributed by atoms with Crippen LogP contribution in [0.4, 0.5) is 11.5 Å². The normalized spacial score (nSPS) is 12.0. The lowest BCUT2D eigenvalue weighted by Gasteiger charge is -2.23. The Hall–Kier alpha value is -1.74. The number of aromatic nitrogens is 1. The Morgan fingerprint density at radius 3 is 2.50 bits per heavy atom. The van der Waals surface area contributed by atoms with E-state index in [0.717, 1.165) is 22.9 Å². The second-order valence-corrected chi connectivity index (χ2v) is 5.36. The predicted molar refractivity (Wildman–Crippen MR) is 86.7 cm³/mol. The van der Waals surface area contributed by atoms with Crippen molar-refractivity contribution in [1.82, 2.24) is 4.98 Å². The second-order valence-electron chi connectivity index (χ2n) is 4.93. The summed E-state index contributed by atoms with van der Waals surface area (Å²) < 4.78 is 0. The highest BCUT2D eigenvalue weighted by Gasteiger charge is 2.12. The van der Waals surface area contributed by atoms with Gasteiger partial charge in [-0.15, -0.1) is 0 Å². The number of rotatable bonds is 5. The summed E-state index contributed by atoms with van der Waals surface area (Å²) >= 11 is 5.95. The number of benzene rings is 1. The summed E-state index contributed by atoms with van der Waals surface area (Å²) in [5.41, 5.74) is 2.27. The van der Waals surface area contributed by atoms with Crippen molar-refractivity contribution in [3.05, 3.63) is 53.2 Å². The van der Waals surface area contributed by atoms with Gasteiger partial charge in [0.1, 0.15) is 0 Å². The van der Waals surface area contributed by atoms with Crippen molar-refractivity contribution in [2.75, 3.05) is 24.3 Å². The third-order valence-corrected chi connectivity index (χ3v) is 3.47. The van der Waals surface area contributed by atoms with E-state index in [1.165, 1.54) is 5.56 Å². The van der Waals surface area contributed by atoms with E-state index in [-0.39, 0.29) is 6.04 Å². The number of halogens is 1. The van der Waals surface area contributed by atoms with Crippen molar-refractivity contribution in [1.29, 1.82) is 0 Å². The molecule has 0 saturated heterocycles. The first-order valence-electron chi connectivity index (χ1n) is 6.76. The summed E-state index contributed by atoms with van der Waals surface area (Å²) in [6.07, 6.45) is 2.80. The highest BCUT2D eigenvalue weighted by molar-refractivity contribution is 6.30. The van der Waals surface area contributed by atoms with Crippen LogP contribution < -0.4 is 10.2 Å². The first kappa shape index (κ1) is 14.7. The third-order valence-electron chi connectivity index (χ3n) is 3.22. The van der Waals surface area contributed by atoms with Crippen LogP contribution in [0.5, 0.6) is 0 Å². The third kappa shape index (κ3) is 3.42. The predicted octanol–water partition coefficient (Wildman–Crippen LogP) is 4.36. The lowest BCUT2D eigenvalue weighted by Crippen LogP contribution is -2.16. The average Bonchev–Trinajstić information content (AvgIpc) is 2.46. The van der Waals surface area contributed by atoms with Crippen molar-refractivity contribution in [2.24, 2.45) is 0 Å². The fourth-order valence-electron chi connectivity index (χ4n) is 2.17. The summed E-state index contributed by atoms with van der Waals surface area (Å²) in [4.78, 5) is 6.43. The van der Waals surface area contributed by atoms with Gasteiger partial charge >= 0.3 is 0 Å². The number of nitrogens with one attached hydrogen (secondary N) is 1. The van der Waals surface area contributed by atoms with Crippen molar-refractivity contribution in [2.45, 2.75) is 19.4 Å². The van der Waals surface area contributed by atoms with Gasteiger partial charge in [0.15, 0.2) is 5.82 Å². The molecule has 1 heterocycles. The molecule has 1 N–H and O–H groups in total. The van der Waals surface area contributed by atoms with E-state index >= 15 is 0 Å². The van der Waals surface area contributed by atoms with Gasteiger partial charge in [-0.1, -0.05) is 30.7 Å². The molecule has 20 heavy (non-hydrogen) atoms. The lowest BCUT2D eigenvalue weighted by atomic mass is 10.0. The zero-order valence-corrected chi connectivity index (χ0v) is 12.9. The molecule has 0 aliphatic heterocycles. The maximum atomic E-state index is 5.95. The van der Waals surface area contributed by atoms with Gasteiger partial charge in [0.25, 0.3) is 0 Å². The quantitative estimate of drug-likeness (QED) is 0.886. The lowest BCUT2D eigenvalue weighted by molar-refractivity contribution is 0.748. The molecule has 0 aliphatic carbocycles. The molecular weight excluding hydrogens is 270 g/mol. The van der Waals surface area contributed by atoms with Crippen LogP contribution in [0.25, 0.3) is 0 Å². The number of pyridine rings is 1. The molecule has 0 bridgehead atoms. The minimum absolute atomic E-state index is 0.246. The summed E-state index contributed by atoms with van der Waals surface area (Å²) in [7, 11) is 3.99. The Morgan fingerprint density at radius 2 is 1.90 bits per heavy atom. The molecule has 4 heteroatoms. The van der Waals surface area contributed by atoms with Crippen LogP contribution in [-0.2, 0) is 0 Å². The van der Waals surface area contributed by atoms with Crippen LogP contribution in [0.2, 0.25) is 5.02 Å².